The van der Waals surface area contributed by atoms with Crippen LogP contribution < -0.4 is 10.2 Å². The van der Waals surface area contributed by atoms with Gasteiger partial charge < -0.3 is 10.2 Å². The van der Waals surface area contributed by atoms with E-state index in [1.54, 1.807) is 0 Å². The highest BCUT2D eigenvalue weighted by molar-refractivity contribution is 5.78. The van der Waals surface area contributed by atoms with Crippen LogP contribution in [0.3, 0.4) is 0 Å². The number of nitrogens with one attached hydrogen (secondary N) is 1. The van der Waals surface area contributed by atoms with E-state index in [-0.39, 0.29) is 5.91 Å². The number of aryl methyl sites for hydroxylation is 1. The predicted molar refractivity (Wildman–Crippen MR) is 98.1 cm³/mol. The maximum absolute atomic E-state index is 12.2. The van der Waals surface area contributed by atoms with E-state index in [0.717, 1.165) is 26.2 Å². The summed E-state index contributed by atoms with van der Waals surface area (Å²) in [6.07, 6.45) is 0. The van der Waals surface area contributed by atoms with Crippen LogP contribution in [0.2, 0.25) is 0 Å². The summed E-state index contributed by atoms with van der Waals surface area (Å²) in [6, 6.07) is 18.6. The van der Waals surface area contributed by atoms with Gasteiger partial charge in [0.05, 0.1) is 6.54 Å². The number of amides is 1. The molecule has 0 spiro atoms. The molecular weight excluding hydrogens is 298 g/mol. The molecule has 3 rings (SSSR count). The summed E-state index contributed by atoms with van der Waals surface area (Å²) in [6.45, 7) is 6.94. The zero-order valence-electron chi connectivity index (χ0n) is 14.2. The minimum atomic E-state index is 0.103. The van der Waals surface area contributed by atoms with Gasteiger partial charge >= 0.3 is 0 Å². The number of rotatable bonds is 5. The Kier molecular flexibility index (Phi) is 5.49. The van der Waals surface area contributed by atoms with Crippen molar-refractivity contribution < 1.29 is 4.79 Å². The number of anilines is 1. The van der Waals surface area contributed by atoms with Gasteiger partial charge in [-0.2, -0.15) is 0 Å². The predicted octanol–water partition coefficient (Wildman–Crippen LogP) is 2.43. The van der Waals surface area contributed by atoms with Crippen LogP contribution in [0.5, 0.6) is 0 Å². The molecule has 0 unspecified atom stereocenters. The maximum Gasteiger partial charge on any atom is 0.234 e. The summed E-state index contributed by atoms with van der Waals surface area (Å²) in [5.74, 6) is 0.103. The molecule has 1 amide bonds. The molecule has 0 aliphatic carbocycles. The lowest BCUT2D eigenvalue weighted by atomic mass is 10.1. The van der Waals surface area contributed by atoms with Crippen LogP contribution in [-0.2, 0) is 11.3 Å². The Morgan fingerprint density at radius 3 is 2.33 bits per heavy atom. The Morgan fingerprint density at radius 2 is 1.62 bits per heavy atom. The van der Waals surface area contributed by atoms with E-state index in [2.05, 4.69) is 58.4 Å². The van der Waals surface area contributed by atoms with E-state index < -0.39 is 0 Å². The second kappa shape index (κ2) is 7.97. The fourth-order valence-corrected chi connectivity index (χ4v) is 3.06. The van der Waals surface area contributed by atoms with Gasteiger partial charge in [-0.05, 0) is 30.2 Å². The summed E-state index contributed by atoms with van der Waals surface area (Å²) in [4.78, 5) is 16.8. The normalized spacial score (nSPS) is 15.3. The number of carbonyl (C=O) groups excluding carboxylic acids is 1. The molecule has 1 fully saturated rings. The molecule has 1 N–H and O–H groups in total. The van der Waals surface area contributed by atoms with Gasteiger partial charge in [0.1, 0.15) is 0 Å². The third kappa shape index (κ3) is 4.36. The Hall–Kier alpha value is -2.33. The monoisotopic (exact) mass is 323 g/mol. The van der Waals surface area contributed by atoms with Crippen molar-refractivity contribution in [2.75, 3.05) is 37.6 Å². The number of carbonyl (C=O) groups is 1. The highest BCUT2D eigenvalue weighted by Gasteiger charge is 2.18. The molecule has 0 radical (unpaired) electrons. The topological polar surface area (TPSA) is 35.6 Å². The largest absolute Gasteiger partial charge is 0.369 e. The number of nitrogens with zero attached hydrogens (tertiary/aromatic N) is 2. The minimum absolute atomic E-state index is 0.103. The van der Waals surface area contributed by atoms with Crippen molar-refractivity contribution in [2.45, 2.75) is 13.5 Å². The van der Waals surface area contributed by atoms with Crippen LogP contribution in [0.25, 0.3) is 0 Å². The number of hydrogen-bond donors (Lipinski definition) is 1. The highest BCUT2D eigenvalue weighted by Crippen LogP contribution is 2.15. The highest BCUT2D eigenvalue weighted by atomic mass is 16.2. The molecule has 1 saturated heterocycles. The fraction of sp³-hybridized carbons (Fsp3) is 0.350. The Bertz CT molecular complexity index is 664. The molecular formula is C20H25N3O. The molecule has 0 atom stereocenters. The van der Waals surface area contributed by atoms with Crippen molar-refractivity contribution in [1.29, 1.82) is 0 Å². The Balaban J connectivity index is 1.43. The van der Waals surface area contributed by atoms with Gasteiger partial charge in [0.2, 0.25) is 5.91 Å². The summed E-state index contributed by atoms with van der Waals surface area (Å²) in [7, 11) is 0. The van der Waals surface area contributed by atoms with Gasteiger partial charge in [-0.15, -0.1) is 0 Å². The first kappa shape index (κ1) is 16.5. The Morgan fingerprint density at radius 1 is 0.958 bits per heavy atom. The van der Waals surface area contributed by atoms with E-state index in [1.165, 1.54) is 16.8 Å². The standard InChI is InChI=1S/C20H25N3O/c1-17-7-5-6-8-18(17)15-21-20(24)16-22-11-13-23(14-12-22)19-9-3-2-4-10-19/h2-10H,11-16H2,1H3,(H,21,24). The van der Waals surface area contributed by atoms with Crippen molar-refractivity contribution in [1.82, 2.24) is 10.2 Å². The molecule has 1 heterocycles. The van der Waals surface area contributed by atoms with Crippen molar-refractivity contribution in [2.24, 2.45) is 0 Å². The second-order valence-corrected chi connectivity index (χ2v) is 6.30. The molecule has 24 heavy (non-hydrogen) atoms. The molecule has 2 aromatic carbocycles. The average Bonchev–Trinajstić information content (AvgIpc) is 2.62. The molecule has 0 bridgehead atoms. The summed E-state index contributed by atoms with van der Waals surface area (Å²) >= 11 is 0. The van der Waals surface area contributed by atoms with Gasteiger partial charge in [0.25, 0.3) is 0 Å². The third-order valence-electron chi connectivity index (χ3n) is 4.60. The van der Waals surface area contributed by atoms with E-state index >= 15 is 0 Å². The van der Waals surface area contributed by atoms with Gasteiger partial charge in [0.15, 0.2) is 0 Å². The molecule has 1 aliphatic rings. The lowest BCUT2D eigenvalue weighted by Crippen LogP contribution is -2.49. The number of piperazine rings is 1. The maximum atomic E-state index is 12.2. The first-order valence-corrected chi connectivity index (χ1v) is 8.56. The first-order valence-electron chi connectivity index (χ1n) is 8.56. The lowest BCUT2D eigenvalue weighted by Gasteiger charge is -2.35. The van der Waals surface area contributed by atoms with Crippen molar-refractivity contribution in [3.63, 3.8) is 0 Å². The SMILES string of the molecule is Cc1ccccc1CNC(=O)CN1CCN(c2ccccc2)CC1. The van der Waals surface area contributed by atoms with Crippen LogP contribution >= 0.6 is 0 Å². The fourth-order valence-electron chi connectivity index (χ4n) is 3.06. The van der Waals surface area contributed by atoms with E-state index in [0.29, 0.717) is 13.1 Å². The van der Waals surface area contributed by atoms with Gasteiger partial charge in [0, 0.05) is 38.4 Å². The van der Waals surface area contributed by atoms with Gasteiger partial charge in [-0.3, -0.25) is 9.69 Å². The quantitative estimate of drug-likeness (QED) is 0.918. The molecule has 126 valence electrons. The van der Waals surface area contributed by atoms with Crippen molar-refractivity contribution in [3.8, 4) is 0 Å². The Labute approximate surface area is 144 Å². The lowest BCUT2D eigenvalue weighted by molar-refractivity contribution is -0.122. The zero-order valence-corrected chi connectivity index (χ0v) is 14.2. The second-order valence-electron chi connectivity index (χ2n) is 6.30. The zero-order chi connectivity index (χ0) is 16.8. The van der Waals surface area contributed by atoms with Crippen molar-refractivity contribution >= 4 is 11.6 Å². The number of para-hydroxylation sites is 1. The summed E-state index contributed by atoms with van der Waals surface area (Å²) < 4.78 is 0. The van der Waals surface area contributed by atoms with Crippen LogP contribution in [0.1, 0.15) is 11.1 Å². The molecule has 1 aliphatic heterocycles. The summed E-state index contributed by atoms with van der Waals surface area (Å²) in [5.41, 5.74) is 3.66. The van der Waals surface area contributed by atoms with Gasteiger partial charge in [-0.25, -0.2) is 0 Å². The third-order valence-corrected chi connectivity index (χ3v) is 4.60. The first-order chi connectivity index (χ1) is 11.7. The summed E-state index contributed by atoms with van der Waals surface area (Å²) in [5, 5.41) is 3.04. The van der Waals surface area contributed by atoms with E-state index in [1.807, 2.05) is 18.2 Å². The number of benzene rings is 2. The molecule has 2 aromatic rings. The van der Waals surface area contributed by atoms with Gasteiger partial charge in [-0.1, -0.05) is 42.5 Å². The molecule has 0 saturated carbocycles. The van der Waals surface area contributed by atoms with Crippen molar-refractivity contribution in [3.05, 3.63) is 65.7 Å². The van der Waals surface area contributed by atoms with E-state index in [9.17, 15) is 4.79 Å². The van der Waals surface area contributed by atoms with Crippen LogP contribution in [0.4, 0.5) is 5.69 Å². The van der Waals surface area contributed by atoms with Crippen LogP contribution in [0, 0.1) is 6.92 Å². The molecule has 4 heteroatoms. The van der Waals surface area contributed by atoms with Crippen LogP contribution in [0.15, 0.2) is 54.6 Å². The number of hydrogen-bond acceptors (Lipinski definition) is 3. The molecule has 0 aromatic heterocycles. The smallest absolute Gasteiger partial charge is 0.234 e. The van der Waals surface area contributed by atoms with Crippen LogP contribution in [-0.4, -0.2) is 43.5 Å². The van der Waals surface area contributed by atoms with E-state index in [4.69, 9.17) is 0 Å². The molecule has 4 nitrogen and oxygen atoms in total. The average molecular weight is 323 g/mol. The minimum Gasteiger partial charge on any atom is -0.369 e.